The first-order chi connectivity index (χ1) is 7.40. The van der Waals surface area contributed by atoms with E-state index in [4.69, 9.17) is 24.6 Å². The molecule has 0 saturated carbocycles. The maximum atomic E-state index is 11.5. The van der Waals surface area contributed by atoms with Crippen molar-refractivity contribution in [3.05, 3.63) is 0 Å². The number of carbonyl (C=O) groups is 1. The van der Waals surface area contributed by atoms with Crippen molar-refractivity contribution in [1.29, 1.82) is 0 Å². The van der Waals surface area contributed by atoms with E-state index in [2.05, 4.69) is 0 Å². The number of aliphatic hydroxyl groups excluding tert-OH is 2. The van der Waals surface area contributed by atoms with Crippen molar-refractivity contribution in [1.82, 2.24) is 5.23 Å². The number of nitrogens with zero attached hydrogens (tertiary/aromatic N) is 1. The molecular formula is C9H19NO6Zn. The Hall–Kier alpha value is -0.267. The zero-order chi connectivity index (χ0) is 12.6. The predicted octanol–water partition coefficient (Wildman–Crippen LogP) is 0.0688. The summed E-state index contributed by atoms with van der Waals surface area (Å²) in [5.41, 5.74) is -0.680. The third-order valence-electron chi connectivity index (χ3n) is 1.14. The normalized spacial score (nSPS) is 10.6. The number of carbonyl (C=O) groups excluding carboxylic acids is 1. The largest absolute Gasteiger partial charge is 0.460 e. The minimum atomic E-state index is -0.839. The van der Waals surface area contributed by atoms with Crippen LogP contribution in [0.5, 0.6) is 0 Å². The molecule has 0 saturated heterocycles. The van der Waals surface area contributed by atoms with E-state index in [-0.39, 0.29) is 45.9 Å². The molecule has 0 aliphatic heterocycles. The third kappa shape index (κ3) is 10.6. The molecule has 0 aromatic rings. The maximum absolute atomic E-state index is 11.5. The van der Waals surface area contributed by atoms with Gasteiger partial charge in [-0.05, 0) is 26.0 Å². The number of hydrogen-bond donors (Lipinski definition) is 2. The summed E-state index contributed by atoms with van der Waals surface area (Å²) >= 11 is 0. The van der Waals surface area contributed by atoms with Crippen LogP contribution in [0.15, 0.2) is 0 Å². The van der Waals surface area contributed by atoms with Crippen LogP contribution in [0.1, 0.15) is 20.8 Å². The molecule has 0 rings (SSSR count). The Labute approximate surface area is 113 Å². The third-order valence-corrected chi connectivity index (χ3v) is 1.14. The molecule has 0 unspecified atom stereocenters. The van der Waals surface area contributed by atoms with E-state index in [1.54, 1.807) is 20.8 Å². The molecule has 0 fully saturated rings. The summed E-state index contributed by atoms with van der Waals surface area (Å²) in [7, 11) is 0. The van der Waals surface area contributed by atoms with Gasteiger partial charge in [0.25, 0.3) is 0 Å². The second kappa shape index (κ2) is 9.73. The van der Waals surface area contributed by atoms with Gasteiger partial charge in [-0.15, -0.1) is 0 Å². The van der Waals surface area contributed by atoms with Crippen molar-refractivity contribution in [2.24, 2.45) is 0 Å². The SMILES string of the molecule is CC(C)(C)OC(=O)N(OCCO)OCCO.[Zn]. The minimum absolute atomic E-state index is 0. The summed E-state index contributed by atoms with van der Waals surface area (Å²) < 4.78 is 4.97. The zero-order valence-corrected chi connectivity index (χ0v) is 13.5. The molecule has 0 aromatic heterocycles. The molecule has 2 N–H and O–H groups in total. The van der Waals surface area contributed by atoms with E-state index in [0.29, 0.717) is 5.23 Å². The summed E-state index contributed by atoms with van der Waals surface area (Å²) in [6.45, 7) is 4.35. The van der Waals surface area contributed by atoms with Gasteiger partial charge >= 0.3 is 6.09 Å². The molecular weight excluding hydrogens is 283 g/mol. The Morgan fingerprint density at radius 1 is 1.12 bits per heavy atom. The van der Waals surface area contributed by atoms with Crippen molar-refractivity contribution in [2.45, 2.75) is 26.4 Å². The van der Waals surface area contributed by atoms with Crippen LogP contribution < -0.4 is 0 Å². The zero-order valence-electron chi connectivity index (χ0n) is 10.5. The molecule has 0 aromatic carbocycles. The van der Waals surface area contributed by atoms with E-state index in [0.717, 1.165) is 0 Å². The Bertz CT molecular complexity index is 200. The first-order valence-electron chi connectivity index (χ1n) is 4.91. The van der Waals surface area contributed by atoms with E-state index in [1.165, 1.54) is 0 Å². The van der Waals surface area contributed by atoms with Gasteiger partial charge in [-0.1, -0.05) is 0 Å². The van der Waals surface area contributed by atoms with E-state index in [1.807, 2.05) is 0 Å². The van der Waals surface area contributed by atoms with E-state index in [9.17, 15) is 4.79 Å². The van der Waals surface area contributed by atoms with Crippen LogP contribution in [0.25, 0.3) is 0 Å². The van der Waals surface area contributed by atoms with Crippen LogP contribution in [0.3, 0.4) is 0 Å². The van der Waals surface area contributed by atoms with Gasteiger partial charge in [0.2, 0.25) is 0 Å². The van der Waals surface area contributed by atoms with E-state index < -0.39 is 11.7 Å². The van der Waals surface area contributed by atoms with Gasteiger partial charge in [-0.3, -0.25) is 0 Å². The molecule has 0 bridgehead atoms. The molecule has 0 radical (unpaired) electrons. The van der Waals surface area contributed by atoms with Crippen molar-refractivity contribution in [3.63, 3.8) is 0 Å². The molecule has 98 valence electrons. The topological polar surface area (TPSA) is 88.5 Å². The minimum Gasteiger partial charge on any atom is -0.441 e. The summed E-state index contributed by atoms with van der Waals surface area (Å²) in [6, 6.07) is 0. The fraction of sp³-hybridized carbons (Fsp3) is 0.889. The smallest absolute Gasteiger partial charge is 0.441 e. The van der Waals surface area contributed by atoms with Crippen LogP contribution in [0.2, 0.25) is 0 Å². The first-order valence-corrected chi connectivity index (χ1v) is 4.91. The summed E-state index contributed by atoms with van der Waals surface area (Å²) in [4.78, 5) is 21.0. The van der Waals surface area contributed by atoms with Gasteiger partial charge in [-0.2, -0.15) is 0 Å². The summed E-state index contributed by atoms with van der Waals surface area (Å²) in [5.74, 6) is 0. The van der Waals surface area contributed by atoms with Crippen LogP contribution in [0.4, 0.5) is 4.79 Å². The van der Waals surface area contributed by atoms with Gasteiger partial charge in [0.15, 0.2) is 0 Å². The Kier molecular flexibility index (Phi) is 10.9. The fourth-order valence-electron chi connectivity index (χ4n) is 0.689. The van der Waals surface area contributed by atoms with Crippen LogP contribution in [0, 0.1) is 0 Å². The molecule has 1 amide bonds. The number of amides is 1. The quantitative estimate of drug-likeness (QED) is 0.533. The fourth-order valence-corrected chi connectivity index (χ4v) is 0.689. The van der Waals surface area contributed by atoms with Crippen molar-refractivity contribution in [2.75, 3.05) is 26.4 Å². The average molecular weight is 303 g/mol. The van der Waals surface area contributed by atoms with Crippen molar-refractivity contribution < 1.29 is 48.9 Å². The van der Waals surface area contributed by atoms with Crippen molar-refractivity contribution in [3.8, 4) is 0 Å². The predicted molar refractivity (Wildman–Crippen MR) is 54.1 cm³/mol. The van der Waals surface area contributed by atoms with Gasteiger partial charge < -0.3 is 14.9 Å². The van der Waals surface area contributed by atoms with Gasteiger partial charge in [0, 0.05) is 19.5 Å². The summed E-state index contributed by atoms with van der Waals surface area (Å²) in [6.07, 6.45) is -0.839. The van der Waals surface area contributed by atoms with Crippen molar-refractivity contribution >= 4 is 6.09 Å². The van der Waals surface area contributed by atoms with Crippen LogP contribution >= 0.6 is 0 Å². The molecule has 0 aliphatic rings. The Balaban J connectivity index is 0. The Morgan fingerprint density at radius 3 is 1.82 bits per heavy atom. The number of rotatable bonds is 6. The van der Waals surface area contributed by atoms with E-state index >= 15 is 0 Å². The van der Waals surface area contributed by atoms with Gasteiger partial charge in [-0.25, -0.2) is 14.5 Å². The average Bonchev–Trinajstić information content (AvgIpc) is 2.15. The molecule has 17 heavy (non-hydrogen) atoms. The van der Waals surface area contributed by atoms with Gasteiger partial charge in [0.05, 0.1) is 13.2 Å². The summed E-state index contributed by atoms with van der Waals surface area (Å²) in [5, 5.41) is 17.6. The first kappa shape index (κ1) is 19.1. The number of aliphatic hydroxyl groups is 2. The molecule has 7 nitrogen and oxygen atoms in total. The maximum Gasteiger partial charge on any atom is 0.460 e. The molecule has 0 atom stereocenters. The molecule has 0 aliphatic carbocycles. The second-order valence-corrected chi connectivity index (χ2v) is 3.85. The molecule has 8 heteroatoms. The van der Waals surface area contributed by atoms with Crippen LogP contribution in [-0.2, 0) is 33.9 Å². The molecule has 0 spiro atoms. The van der Waals surface area contributed by atoms with Gasteiger partial charge in [0.1, 0.15) is 18.8 Å². The number of hydrogen-bond acceptors (Lipinski definition) is 6. The number of ether oxygens (including phenoxy) is 1. The number of hydroxylamine groups is 2. The Morgan fingerprint density at radius 2 is 1.53 bits per heavy atom. The second-order valence-electron chi connectivity index (χ2n) is 3.85. The molecule has 0 heterocycles. The van der Waals surface area contributed by atoms with Crippen LogP contribution in [-0.4, -0.2) is 53.6 Å². The standard InChI is InChI=1S/C9H19NO6.Zn/c1-9(2,3)16-8(13)10(14-6-4-11)15-7-5-12;/h11-12H,4-7H2,1-3H3;. The monoisotopic (exact) mass is 301 g/mol.